The fourth-order valence-electron chi connectivity index (χ4n) is 2.57. The van der Waals surface area contributed by atoms with E-state index in [4.69, 9.17) is 4.74 Å². The Balaban J connectivity index is 2.18. The van der Waals surface area contributed by atoms with Crippen molar-refractivity contribution in [2.24, 2.45) is 0 Å². The van der Waals surface area contributed by atoms with Gasteiger partial charge in [-0.2, -0.15) is 8.42 Å². The summed E-state index contributed by atoms with van der Waals surface area (Å²) in [6, 6.07) is 10.7. The lowest BCUT2D eigenvalue weighted by atomic mass is 10.1. The van der Waals surface area contributed by atoms with E-state index in [1.807, 2.05) is 0 Å². The predicted octanol–water partition coefficient (Wildman–Crippen LogP) is 4.94. The van der Waals surface area contributed by atoms with Crippen LogP contribution in [0.25, 0.3) is 0 Å². The predicted molar refractivity (Wildman–Crippen MR) is 96.9 cm³/mol. The van der Waals surface area contributed by atoms with Gasteiger partial charge in [0.15, 0.2) is 0 Å². The molecule has 6 heteroatoms. The van der Waals surface area contributed by atoms with Gasteiger partial charge in [0.1, 0.15) is 22.1 Å². The summed E-state index contributed by atoms with van der Waals surface area (Å²) in [5.41, 5.74) is 0.956. The Morgan fingerprint density at radius 1 is 0.960 bits per heavy atom. The van der Waals surface area contributed by atoms with Crippen molar-refractivity contribution in [3.63, 3.8) is 0 Å². The SMILES string of the molecule is CCCCCCCc1ccc(S(=O)(=O)O)c(Oc2ccc(O)cc2)c1. The van der Waals surface area contributed by atoms with Crippen LogP contribution < -0.4 is 4.74 Å². The standard InChI is InChI=1S/C19H24O5S/c1-2-3-4-5-6-7-15-8-13-19(25(21,22)23)18(14-15)24-17-11-9-16(20)10-12-17/h8-14,20H,2-7H2,1H3,(H,21,22,23). The summed E-state index contributed by atoms with van der Waals surface area (Å²) in [7, 11) is -4.39. The van der Waals surface area contributed by atoms with Gasteiger partial charge in [0.2, 0.25) is 0 Å². The second-order valence-corrected chi connectivity index (χ2v) is 7.41. The lowest BCUT2D eigenvalue weighted by molar-refractivity contribution is 0.445. The normalized spacial score (nSPS) is 11.4. The molecule has 0 radical (unpaired) electrons. The zero-order valence-electron chi connectivity index (χ0n) is 14.3. The van der Waals surface area contributed by atoms with Crippen LogP contribution in [0, 0.1) is 0 Å². The van der Waals surface area contributed by atoms with Gasteiger partial charge >= 0.3 is 0 Å². The van der Waals surface area contributed by atoms with Crippen molar-refractivity contribution in [2.75, 3.05) is 0 Å². The Bertz CT molecular complexity index is 782. The molecular formula is C19H24O5S. The van der Waals surface area contributed by atoms with Gasteiger partial charge in [0.05, 0.1) is 0 Å². The van der Waals surface area contributed by atoms with Gasteiger partial charge in [-0.05, 0) is 54.8 Å². The summed E-state index contributed by atoms with van der Waals surface area (Å²) >= 11 is 0. The van der Waals surface area contributed by atoms with Gasteiger partial charge in [-0.15, -0.1) is 0 Å². The zero-order valence-corrected chi connectivity index (χ0v) is 15.1. The highest BCUT2D eigenvalue weighted by Crippen LogP contribution is 2.31. The molecule has 2 aromatic rings. The van der Waals surface area contributed by atoms with Crippen LogP contribution in [0.4, 0.5) is 0 Å². The monoisotopic (exact) mass is 364 g/mol. The van der Waals surface area contributed by atoms with Crippen molar-refractivity contribution in [3.8, 4) is 17.2 Å². The first-order chi connectivity index (χ1) is 11.9. The van der Waals surface area contributed by atoms with Crippen LogP contribution in [-0.4, -0.2) is 18.1 Å². The third kappa shape index (κ3) is 6.07. The van der Waals surface area contributed by atoms with E-state index in [1.165, 1.54) is 49.6 Å². The summed E-state index contributed by atoms with van der Waals surface area (Å²) in [6.07, 6.45) is 6.56. The van der Waals surface area contributed by atoms with Crippen molar-refractivity contribution in [3.05, 3.63) is 48.0 Å². The Hall–Kier alpha value is -2.05. The third-order valence-electron chi connectivity index (χ3n) is 3.92. The number of phenols is 1. The fraction of sp³-hybridized carbons (Fsp3) is 0.368. The molecule has 0 aliphatic rings. The first-order valence-corrected chi connectivity index (χ1v) is 9.91. The first-order valence-electron chi connectivity index (χ1n) is 8.47. The van der Waals surface area contributed by atoms with E-state index in [9.17, 15) is 18.1 Å². The Morgan fingerprint density at radius 3 is 2.28 bits per heavy atom. The molecule has 25 heavy (non-hydrogen) atoms. The molecule has 0 amide bonds. The molecule has 0 atom stereocenters. The molecule has 0 unspecified atom stereocenters. The minimum absolute atomic E-state index is 0.0826. The van der Waals surface area contributed by atoms with Crippen LogP contribution in [0.3, 0.4) is 0 Å². The van der Waals surface area contributed by atoms with Crippen LogP contribution in [0.1, 0.15) is 44.6 Å². The van der Waals surface area contributed by atoms with E-state index in [0.717, 1.165) is 24.8 Å². The topological polar surface area (TPSA) is 83.8 Å². The minimum Gasteiger partial charge on any atom is -0.508 e. The lowest BCUT2D eigenvalue weighted by Gasteiger charge is -2.12. The van der Waals surface area contributed by atoms with E-state index in [-0.39, 0.29) is 16.4 Å². The number of hydrogen-bond acceptors (Lipinski definition) is 4. The fourth-order valence-corrected chi connectivity index (χ4v) is 3.17. The molecule has 136 valence electrons. The van der Waals surface area contributed by atoms with Crippen LogP contribution in [0.2, 0.25) is 0 Å². The Kier molecular flexibility index (Phi) is 6.84. The summed E-state index contributed by atoms with van der Waals surface area (Å²) in [5.74, 6) is 0.547. The quantitative estimate of drug-likeness (QED) is 0.486. The second kappa shape index (κ2) is 8.87. The number of aromatic hydroxyl groups is 1. The van der Waals surface area contributed by atoms with E-state index in [2.05, 4.69) is 6.92 Å². The number of ether oxygens (including phenoxy) is 1. The van der Waals surface area contributed by atoms with E-state index in [0.29, 0.717) is 5.75 Å². The number of hydrogen-bond donors (Lipinski definition) is 2. The molecular weight excluding hydrogens is 340 g/mol. The van der Waals surface area contributed by atoms with Crippen molar-refractivity contribution >= 4 is 10.1 Å². The second-order valence-electron chi connectivity index (χ2n) is 6.02. The molecule has 0 aliphatic heterocycles. The highest BCUT2D eigenvalue weighted by molar-refractivity contribution is 7.86. The molecule has 0 aromatic heterocycles. The van der Waals surface area contributed by atoms with Crippen LogP contribution >= 0.6 is 0 Å². The zero-order chi connectivity index (χ0) is 18.3. The smallest absolute Gasteiger partial charge is 0.298 e. The van der Waals surface area contributed by atoms with Gasteiger partial charge in [-0.25, -0.2) is 0 Å². The van der Waals surface area contributed by atoms with Crippen LogP contribution in [-0.2, 0) is 16.5 Å². The van der Waals surface area contributed by atoms with Gasteiger partial charge in [-0.3, -0.25) is 4.55 Å². The van der Waals surface area contributed by atoms with Gasteiger partial charge in [-0.1, -0.05) is 38.7 Å². The molecule has 2 N–H and O–H groups in total. The molecule has 5 nitrogen and oxygen atoms in total. The van der Waals surface area contributed by atoms with Crippen molar-refractivity contribution in [1.29, 1.82) is 0 Å². The van der Waals surface area contributed by atoms with Gasteiger partial charge < -0.3 is 9.84 Å². The molecule has 0 saturated carbocycles. The minimum atomic E-state index is -4.39. The van der Waals surface area contributed by atoms with Crippen LogP contribution in [0.5, 0.6) is 17.2 Å². The molecule has 0 spiro atoms. The average molecular weight is 364 g/mol. The van der Waals surface area contributed by atoms with Crippen LogP contribution in [0.15, 0.2) is 47.4 Å². The van der Waals surface area contributed by atoms with Gasteiger partial charge in [0, 0.05) is 0 Å². The van der Waals surface area contributed by atoms with Crippen molar-refractivity contribution in [1.82, 2.24) is 0 Å². The lowest BCUT2D eigenvalue weighted by Crippen LogP contribution is -2.02. The summed E-state index contributed by atoms with van der Waals surface area (Å²) < 4.78 is 38.2. The third-order valence-corrected chi connectivity index (χ3v) is 4.81. The molecule has 0 heterocycles. The highest BCUT2D eigenvalue weighted by atomic mass is 32.2. The number of unbranched alkanes of at least 4 members (excludes halogenated alkanes) is 4. The summed E-state index contributed by atoms with van der Waals surface area (Å²) in [6.45, 7) is 2.17. The number of phenolic OH excluding ortho intramolecular Hbond substituents is 1. The maximum absolute atomic E-state index is 11.6. The Morgan fingerprint density at radius 2 is 1.64 bits per heavy atom. The molecule has 2 rings (SSSR count). The first kappa shape index (κ1) is 19.3. The Labute approximate surface area is 149 Å². The van der Waals surface area contributed by atoms with E-state index < -0.39 is 10.1 Å². The largest absolute Gasteiger partial charge is 0.508 e. The molecule has 0 aliphatic carbocycles. The maximum atomic E-state index is 11.6. The number of aryl methyl sites for hydroxylation is 1. The van der Waals surface area contributed by atoms with Crippen molar-refractivity contribution in [2.45, 2.75) is 50.3 Å². The van der Waals surface area contributed by atoms with E-state index >= 15 is 0 Å². The molecule has 0 saturated heterocycles. The summed E-state index contributed by atoms with van der Waals surface area (Å²) in [4.78, 5) is -0.268. The van der Waals surface area contributed by atoms with E-state index in [1.54, 1.807) is 12.1 Å². The number of rotatable bonds is 9. The molecule has 0 bridgehead atoms. The molecule has 2 aromatic carbocycles. The van der Waals surface area contributed by atoms with Crippen molar-refractivity contribution < 1.29 is 22.8 Å². The highest BCUT2D eigenvalue weighted by Gasteiger charge is 2.18. The maximum Gasteiger partial charge on any atom is 0.298 e. The summed E-state index contributed by atoms with van der Waals surface area (Å²) in [5, 5.41) is 9.32. The number of benzene rings is 2. The average Bonchev–Trinajstić information content (AvgIpc) is 2.56. The molecule has 0 fully saturated rings. The van der Waals surface area contributed by atoms with Gasteiger partial charge in [0.25, 0.3) is 10.1 Å².